The number of carbonyl (C=O) groups excluding carboxylic acids is 1. The predicted octanol–water partition coefficient (Wildman–Crippen LogP) is 2.69. The molecule has 0 spiro atoms. The number of nitrogens with one attached hydrogen (secondary N) is 1. The van der Waals surface area contributed by atoms with E-state index in [1.54, 1.807) is 17.8 Å². The van der Waals surface area contributed by atoms with Gasteiger partial charge in [0.1, 0.15) is 5.82 Å². The third-order valence-corrected chi connectivity index (χ3v) is 2.72. The molecule has 1 aromatic heterocycles. The van der Waals surface area contributed by atoms with Gasteiger partial charge in [-0.25, -0.2) is 0 Å². The highest BCUT2D eigenvalue weighted by atomic mass is 16.1. The van der Waals surface area contributed by atoms with E-state index in [1.807, 2.05) is 44.2 Å². The van der Waals surface area contributed by atoms with Crippen LogP contribution in [-0.2, 0) is 11.8 Å². The average Bonchev–Trinajstić information content (AvgIpc) is 2.65. The minimum atomic E-state index is -0.162. The fourth-order valence-corrected chi connectivity index (χ4v) is 1.84. The Balaban J connectivity index is 2.03. The molecule has 19 heavy (non-hydrogen) atoms. The lowest BCUT2D eigenvalue weighted by atomic mass is 10.1. The molecule has 0 fully saturated rings. The highest BCUT2D eigenvalue weighted by molar-refractivity contribution is 6.01. The molecular formula is C15H17N3O. The summed E-state index contributed by atoms with van der Waals surface area (Å²) in [4.78, 5) is 11.8. The van der Waals surface area contributed by atoms with E-state index in [9.17, 15) is 4.79 Å². The highest BCUT2D eigenvalue weighted by Gasteiger charge is 2.03. The van der Waals surface area contributed by atoms with Gasteiger partial charge in [0.2, 0.25) is 5.91 Å². The summed E-state index contributed by atoms with van der Waals surface area (Å²) in [6, 6.07) is 9.81. The molecule has 4 heteroatoms. The van der Waals surface area contributed by atoms with Crippen LogP contribution in [-0.4, -0.2) is 15.7 Å². The first-order valence-electron chi connectivity index (χ1n) is 6.11. The van der Waals surface area contributed by atoms with Gasteiger partial charge in [-0.15, -0.1) is 0 Å². The van der Waals surface area contributed by atoms with Gasteiger partial charge in [0, 0.05) is 19.2 Å². The first-order chi connectivity index (χ1) is 9.04. The standard InChI is InChI=1S/C15H17N3O/c1-11-5-4-6-13(9-11)7-8-15(19)16-14-10-12(2)17-18(14)3/h4-10H,1-3H3,(H,16,19). The van der Waals surface area contributed by atoms with E-state index in [0.29, 0.717) is 5.82 Å². The summed E-state index contributed by atoms with van der Waals surface area (Å²) in [5.41, 5.74) is 3.06. The highest BCUT2D eigenvalue weighted by Crippen LogP contribution is 2.09. The van der Waals surface area contributed by atoms with Gasteiger partial charge in [0.15, 0.2) is 0 Å². The molecule has 0 atom stereocenters. The number of benzene rings is 1. The minimum Gasteiger partial charge on any atom is -0.307 e. The number of carbonyl (C=O) groups is 1. The second kappa shape index (κ2) is 5.52. The zero-order valence-corrected chi connectivity index (χ0v) is 11.3. The molecule has 0 saturated carbocycles. The SMILES string of the molecule is Cc1cccc(C=CC(=O)Nc2cc(C)nn2C)c1. The van der Waals surface area contributed by atoms with Gasteiger partial charge in [-0.1, -0.05) is 29.8 Å². The topological polar surface area (TPSA) is 46.9 Å². The monoisotopic (exact) mass is 255 g/mol. The van der Waals surface area contributed by atoms with Crippen LogP contribution in [0.15, 0.2) is 36.4 Å². The summed E-state index contributed by atoms with van der Waals surface area (Å²) in [5, 5.41) is 6.96. The second-order valence-corrected chi connectivity index (χ2v) is 4.53. The van der Waals surface area contributed by atoms with E-state index >= 15 is 0 Å². The fourth-order valence-electron chi connectivity index (χ4n) is 1.84. The fraction of sp³-hybridized carbons (Fsp3) is 0.200. The molecule has 4 nitrogen and oxygen atoms in total. The number of anilines is 1. The maximum absolute atomic E-state index is 11.8. The molecule has 98 valence electrons. The van der Waals surface area contributed by atoms with Crippen LogP contribution >= 0.6 is 0 Å². The quantitative estimate of drug-likeness (QED) is 0.857. The molecule has 0 radical (unpaired) electrons. The van der Waals surface area contributed by atoms with Crippen LogP contribution in [0.25, 0.3) is 6.08 Å². The molecule has 0 aliphatic carbocycles. The summed E-state index contributed by atoms with van der Waals surface area (Å²) in [6.45, 7) is 3.91. The van der Waals surface area contributed by atoms with Crippen LogP contribution in [0.3, 0.4) is 0 Å². The molecule has 0 unspecified atom stereocenters. The number of amides is 1. The third kappa shape index (κ3) is 3.55. The Bertz CT molecular complexity index is 626. The molecule has 0 saturated heterocycles. The largest absolute Gasteiger partial charge is 0.307 e. The smallest absolute Gasteiger partial charge is 0.249 e. The summed E-state index contributed by atoms with van der Waals surface area (Å²) >= 11 is 0. The molecule has 2 aromatic rings. The third-order valence-electron chi connectivity index (χ3n) is 2.72. The number of nitrogens with zero attached hydrogens (tertiary/aromatic N) is 2. The number of aromatic nitrogens is 2. The van der Waals surface area contributed by atoms with Crippen molar-refractivity contribution in [1.29, 1.82) is 0 Å². The first kappa shape index (κ1) is 13.1. The van der Waals surface area contributed by atoms with Crippen molar-refractivity contribution in [1.82, 2.24) is 9.78 Å². The number of aryl methyl sites for hydroxylation is 3. The zero-order chi connectivity index (χ0) is 13.8. The molecule has 1 amide bonds. The van der Waals surface area contributed by atoms with Crippen LogP contribution in [0.5, 0.6) is 0 Å². The van der Waals surface area contributed by atoms with Gasteiger partial charge >= 0.3 is 0 Å². The van der Waals surface area contributed by atoms with E-state index in [1.165, 1.54) is 11.6 Å². The van der Waals surface area contributed by atoms with Crippen LogP contribution in [0.2, 0.25) is 0 Å². The molecule has 2 rings (SSSR count). The average molecular weight is 255 g/mol. The van der Waals surface area contributed by atoms with Gasteiger partial charge in [-0.3, -0.25) is 9.48 Å². The summed E-state index contributed by atoms with van der Waals surface area (Å²) in [7, 11) is 1.80. The maximum atomic E-state index is 11.8. The van der Waals surface area contributed by atoms with Gasteiger partial charge < -0.3 is 5.32 Å². The van der Waals surface area contributed by atoms with E-state index < -0.39 is 0 Å². The van der Waals surface area contributed by atoms with Crippen molar-refractivity contribution in [2.75, 3.05) is 5.32 Å². The molecule has 0 aliphatic heterocycles. The van der Waals surface area contributed by atoms with Gasteiger partial charge in [0.25, 0.3) is 0 Å². The summed E-state index contributed by atoms with van der Waals surface area (Å²) in [6.07, 6.45) is 3.32. The maximum Gasteiger partial charge on any atom is 0.249 e. The van der Waals surface area contributed by atoms with Crippen LogP contribution in [0.1, 0.15) is 16.8 Å². The van der Waals surface area contributed by atoms with Crippen molar-refractivity contribution < 1.29 is 4.79 Å². The first-order valence-corrected chi connectivity index (χ1v) is 6.11. The van der Waals surface area contributed by atoms with E-state index in [2.05, 4.69) is 10.4 Å². The summed E-state index contributed by atoms with van der Waals surface area (Å²) in [5.74, 6) is 0.529. The normalized spacial score (nSPS) is 10.9. The van der Waals surface area contributed by atoms with E-state index in [4.69, 9.17) is 0 Å². The number of hydrogen-bond acceptors (Lipinski definition) is 2. The molecule has 1 aromatic carbocycles. The predicted molar refractivity (Wildman–Crippen MR) is 76.8 cm³/mol. The minimum absolute atomic E-state index is 0.162. The van der Waals surface area contributed by atoms with Crippen LogP contribution in [0.4, 0.5) is 5.82 Å². The number of hydrogen-bond donors (Lipinski definition) is 1. The molecular weight excluding hydrogens is 238 g/mol. The lowest BCUT2D eigenvalue weighted by Gasteiger charge is -2.01. The molecule has 1 heterocycles. The van der Waals surface area contributed by atoms with Gasteiger partial charge in [0.05, 0.1) is 5.69 Å². The lowest BCUT2D eigenvalue weighted by Crippen LogP contribution is -2.11. The van der Waals surface area contributed by atoms with Crippen molar-refractivity contribution >= 4 is 17.8 Å². The van der Waals surface area contributed by atoms with Crippen molar-refractivity contribution in [2.24, 2.45) is 7.05 Å². The summed E-state index contributed by atoms with van der Waals surface area (Å²) < 4.78 is 1.65. The van der Waals surface area contributed by atoms with E-state index in [-0.39, 0.29) is 5.91 Å². The van der Waals surface area contributed by atoms with Crippen LogP contribution in [0, 0.1) is 13.8 Å². The Kier molecular flexibility index (Phi) is 3.80. The molecule has 0 bridgehead atoms. The van der Waals surface area contributed by atoms with E-state index in [0.717, 1.165) is 11.3 Å². The van der Waals surface area contributed by atoms with Gasteiger partial charge in [-0.05, 0) is 25.5 Å². The Morgan fingerprint density at radius 2 is 2.11 bits per heavy atom. The number of rotatable bonds is 3. The Hall–Kier alpha value is -2.36. The Labute approximate surface area is 112 Å². The zero-order valence-electron chi connectivity index (χ0n) is 11.3. The molecule has 0 aliphatic rings. The van der Waals surface area contributed by atoms with Crippen LogP contribution < -0.4 is 5.32 Å². The van der Waals surface area contributed by atoms with Crippen molar-refractivity contribution in [3.8, 4) is 0 Å². The molecule has 1 N–H and O–H groups in total. The Morgan fingerprint density at radius 1 is 1.32 bits per heavy atom. The van der Waals surface area contributed by atoms with Crippen molar-refractivity contribution in [3.63, 3.8) is 0 Å². The second-order valence-electron chi connectivity index (χ2n) is 4.53. The van der Waals surface area contributed by atoms with Crippen molar-refractivity contribution in [3.05, 3.63) is 53.2 Å². The lowest BCUT2D eigenvalue weighted by molar-refractivity contribution is -0.111. The van der Waals surface area contributed by atoms with Gasteiger partial charge in [-0.2, -0.15) is 5.10 Å². The van der Waals surface area contributed by atoms with Crippen molar-refractivity contribution in [2.45, 2.75) is 13.8 Å². The Morgan fingerprint density at radius 3 is 2.74 bits per heavy atom.